The highest BCUT2D eigenvalue weighted by molar-refractivity contribution is 5.96. The topological polar surface area (TPSA) is 32.3 Å². The van der Waals surface area contributed by atoms with E-state index in [2.05, 4.69) is 36.2 Å². The molecule has 1 fully saturated rings. The highest BCUT2D eigenvalue weighted by Crippen LogP contribution is 2.32. The number of benzene rings is 1. The van der Waals surface area contributed by atoms with Gasteiger partial charge in [-0.25, -0.2) is 0 Å². The van der Waals surface area contributed by atoms with Crippen molar-refractivity contribution < 1.29 is 4.79 Å². The Morgan fingerprint density at radius 1 is 1.29 bits per heavy atom. The molecule has 1 aromatic rings. The van der Waals surface area contributed by atoms with Crippen molar-refractivity contribution in [2.24, 2.45) is 5.92 Å². The second kappa shape index (κ2) is 6.80. The molecule has 0 radical (unpaired) electrons. The molecule has 0 aromatic heterocycles. The largest absolute Gasteiger partial charge is 0.316 e. The van der Waals surface area contributed by atoms with E-state index >= 15 is 0 Å². The quantitative estimate of drug-likeness (QED) is 0.865. The molecule has 2 heterocycles. The summed E-state index contributed by atoms with van der Waals surface area (Å²) in [4.78, 5) is 14.9. The lowest BCUT2D eigenvalue weighted by atomic mass is 9.92. The molecular weight excluding hydrogens is 284 g/mol. The summed E-state index contributed by atoms with van der Waals surface area (Å²) in [6.07, 6.45) is 4.34. The van der Waals surface area contributed by atoms with E-state index in [-0.39, 0.29) is 18.3 Å². The molecule has 1 atom stereocenters. The van der Waals surface area contributed by atoms with Crippen LogP contribution >= 0.6 is 12.4 Å². The van der Waals surface area contributed by atoms with E-state index in [1.807, 2.05) is 0 Å². The van der Waals surface area contributed by atoms with Gasteiger partial charge in [-0.3, -0.25) is 4.79 Å². The van der Waals surface area contributed by atoms with Crippen molar-refractivity contribution in [3.8, 4) is 0 Å². The van der Waals surface area contributed by atoms with Gasteiger partial charge in [-0.05, 0) is 68.8 Å². The Labute approximate surface area is 133 Å². The molecule has 0 saturated carbocycles. The van der Waals surface area contributed by atoms with Gasteiger partial charge in [-0.2, -0.15) is 0 Å². The van der Waals surface area contributed by atoms with Crippen LogP contribution in [0, 0.1) is 19.8 Å². The van der Waals surface area contributed by atoms with Crippen LogP contribution in [0.4, 0.5) is 5.69 Å². The number of aryl methyl sites for hydroxylation is 2. The van der Waals surface area contributed by atoms with E-state index in [0.717, 1.165) is 45.3 Å². The smallest absolute Gasteiger partial charge is 0.231 e. The Hall–Kier alpha value is -1.06. The number of fused-ring (bicyclic) bond motifs is 1. The zero-order valence-electron chi connectivity index (χ0n) is 12.9. The van der Waals surface area contributed by atoms with Crippen LogP contribution in [0.1, 0.15) is 36.0 Å². The molecule has 0 aliphatic carbocycles. The van der Waals surface area contributed by atoms with Crippen molar-refractivity contribution in [1.82, 2.24) is 5.32 Å². The average molecular weight is 309 g/mol. The first-order chi connectivity index (χ1) is 9.66. The monoisotopic (exact) mass is 308 g/mol. The number of hydrogen-bond donors (Lipinski definition) is 1. The van der Waals surface area contributed by atoms with Crippen LogP contribution in [0.3, 0.4) is 0 Å². The number of carbonyl (C=O) groups excluding carboxylic acids is 1. The standard InChI is InChI=1S/C17H24N2O.ClH/c1-12-9-13(2)15-6-4-8-19(16(15)10-12)17(20)14-5-3-7-18-11-14;/h9-10,14,18H,3-8,11H2,1-2H3;1H. The summed E-state index contributed by atoms with van der Waals surface area (Å²) < 4.78 is 0. The maximum atomic E-state index is 12.8. The molecule has 0 spiro atoms. The van der Waals surface area contributed by atoms with Gasteiger partial charge in [0, 0.05) is 18.8 Å². The minimum atomic E-state index is 0. The third-order valence-corrected chi connectivity index (χ3v) is 4.61. The van der Waals surface area contributed by atoms with E-state index in [9.17, 15) is 4.79 Å². The van der Waals surface area contributed by atoms with E-state index in [1.165, 1.54) is 22.4 Å². The zero-order chi connectivity index (χ0) is 14.1. The molecule has 3 rings (SSSR count). The highest BCUT2D eigenvalue weighted by Gasteiger charge is 2.30. The van der Waals surface area contributed by atoms with Gasteiger partial charge in [-0.15, -0.1) is 12.4 Å². The van der Waals surface area contributed by atoms with Crippen LogP contribution in [-0.4, -0.2) is 25.5 Å². The number of rotatable bonds is 1. The molecule has 1 aromatic carbocycles. The normalized spacial score (nSPS) is 21.4. The molecule has 4 heteroatoms. The van der Waals surface area contributed by atoms with Crippen molar-refractivity contribution >= 4 is 24.0 Å². The molecule has 1 N–H and O–H groups in total. The fourth-order valence-electron chi connectivity index (χ4n) is 3.59. The van der Waals surface area contributed by atoms with Crippen molar-refractivity contribution in [1.29, 1.82) is 0 Å². The van der Waals surface area contributed by atoms with Crippen molar-refractivity contribution in [3.05, 3.63) is 28.8 Å². The van der Waals surface area contributed by atoms with Crippen LogP contribution in [-0.2, 0) is 11.2 Å². The molecule has 1 saturated heterocycles. The Morgan fingerprint density at radius 2 is 2.10 bits per heavy atom. The van der Waals surface area contributed by atoms with Gasteiger partial charge < -0.3 is 10.2 Å². The SMILES string of the molecule is Cc1cc(C)c2c(c1)N(C(=O)C1CCCNC1)CCC2.Cl. The van der Waals surface area contributed by atoms with E-state index in [1.54, 1.807) is 0 Å². The molecule has 2 aliphatic heterocycles. The lowest BCUT2D eigenvalue weighted by molar-refractivity contribution is -0.122. The van der Waals surface area contributed by atoms with E-state index < -0.39 is 0 Å². The number of amides is 1. The molecule has 21 heavy (non-hydrogen) atoms. The van der Waals surface area contributed by atoms with Gasteiger partial charge in [0.15, 0.2) is 0 Å². The van der Waals surface area contributed by atoms with Crippen molar-refractivity contribution in [3.63, 3.8) is 0 Å². The second-order valence-corrected chi connectivity index (χ2v) is 6.22. The Bertz CT molecular complexity index is 524. The summed E-state index contributed by atoms with van der Waals surface area (Å²) in [6.45, 7) is 7.06. The van der Waals surface area contributed by atoms with Crippen molar-refractivity contribution in [2.75, 3.05) is 24.5 Å². The Balaban J connectivity index is 0.00000161. The first-order valence-corrected chi connectivity index (χ1v) is 7.79. The maximum Gasteiger partial charge on any atom is 0.231 e. The van der Waals surface area contributed by atoms with Gasteiger partial charge in [0.25, 0.3) is 0 Å². The minimum Gasteiger partial charge on any atom is -0.316 e. The summed E-state index contributed by atoms with van der Waals surface area (Å²) in [7, 11) is 0. The number of carbonyl (C=O) groups is 1. The third kappa shape index (κ3) is 3.24. The number of hydrogen-bond acceptors (Lipinski definition) is 2. The number of anilines is 1. The first kappa shape index (κ1) is 16.3. The summed E-state index contributed by atoms with van der Waals surface area (Å²) in [5, 5.41) is 3.35. The molecule has 1 unspecified atom stereocenters. The lowest BCUT2D eigenvalue weighted by Crippen LogP contribution is -2.45. The number of nitrogens with one attached hydrogen (secondary N) is 1. The molecular formula is C17H25ClN2O. The van der Waals surface area contributed by atoms with E-state index in [0.29, 0.717) is 5.91 Å². The first-order valence-electron chi connectivity index (χ1n) is 7.79. The predicted molar refractivity (Wildman–Crippen MR) is 89.4 cm³/mol. The Morgan fingerprint density at radius 3 is 2.81 bits per heavy atom. The van der Waals surface area contributed by atoms with Gasteiger partial charge in [0.1, 0.15) is 0 Å². The predicted octanol–water partition coefficient (Wildman–Crippen LogP) is 3.00. The summed E-state index contributed by atoms with van der Waals surface area (Å²) in [6, 6.07) is 4.42. The summed E-state index contributed by atoms with van der Waals surface area (Å²) in [5.74, 6) is 0.485. The number of halogens is 1. The van der Waals surface area contributed by atoms with Gasteiger partial charge >= 0.3 is 0 Å². The zero-order valence-corrected chi connectivity index (χ0v) is 13.8. The van der Waals surface area contributed by atoms with Crippen LogP contribution in [0.15, 0.2) is 12.1 Å². The van der Waals surface area contributed by atoms with Crippen LogP contribution in [0.25, 0.3) is 0 Å². The third-order valence-electron chi connectivity index (χ3n) is 4.61. The summed E-state index contributed by atoms with van der Waals surface area (Å²) in [5.41, 5.74) is 5.13. The Kier molecular flexibility index (Phi) is 5.28. The molecule has 0 bridgehead atoms. The van der Waals surface area contributed by atoms with Crippen LogP contribution < -0.4 is 10.2 Å². The fraction of sp³-hybridized carbons (Fsp3) is 0.588. The van der Waals surface area contributed by atoms with Gasteiger partial charge in [0.2, 0.25) is 5.91 Å². The molecule has 3 nitrogen and oxygen atoms in total. The minimum absolute atomic E-state index is 0. The van der Waals surface area contributed by atoms with Crippen molar-refractivity contribution in [2.45, 2.75) is 39.5 Å². The molecule has 1 amide bonds. The van der Waals surface area contributed by atoms with Crippen LogP contribution in [0.5, 0.6) is 0 Å². The number of piperidine rings is 1. The fourth-order valence-corrected chi connectivity index (χ4v) is 3.59. The summed E-state index contributed by atoms with van der Waals surface area (Å²) >= 11 is 0. The average Bonchev–Trinajstić information content (AvgIpc) is 2.47. The number of nitrogens with zero attached hydrogens (tertiary/aromatic N) is 1. The lowest BCUT2D eigenvalue weighted by Gasteiger charge is -2.34. The highest BCUT2D eigenvalue weighted by atomic mass is 35.5. The molecule has 2 aliphatic rings. The van der Waals surface area contributed by atoms with Gasteiger partial charge in [-0.1, -0.05) is 6.07 Å². The van der Waals surface area contributed by atoms with Gasteiger partial charge in [0.05, 0.1) is 5.92 Å². The van der Waals surface area contributed by atoms with Crippen LogP contribution in [0.2, 0.25) is 0 Å². The second-order valence-electron chi connectivity index (χ2n) is 6.22. The van der Waals surface area contributed by atoms with E-state index in [4.69, 9.17) is 0 Å². The molecule has 116 valence electrons. The maximum absolute atomic E-state index is 12.8.